The first kappa shape index (κ1) is 21.5. The zero-order valence-electron chi connectivity index (χ0n) is 19.0. The first-order valence-corrected chi connectivity index (χ1v) is 11.3. The lowest BCUT2D eigenvalue weighted by Gasteiger charge is -2.32. The highest BCUT2D eigenvalue weighted by molar-refractivity contribution is 6.22. The number of fused-ring (bicyclic) bond motifs is 2. The van der Waals surface area contributed by atoms with Gasteiger partial charge in [0.05, 0.1) is 6.20 Å². The minimum atomic E-state index is -2.61. The molecule has 0 N–H and O–H groups in total. The molecule has 0 spiro atoms. The Hall–Kier alpha value is -3.35. The van der Waals surface area contributed by atoms with Crippen molar-refractivity contribution in [3.63, 3.8) is 0 Å². The number of ketones is 1. The highest BCUT2D eigenvalue weighted by atomic mass is 19.3. The topological polar surface area (TPSA) is 51.0 Å². The number of nitrogens with zero attached hydrogens (tertiary/aromatic N) is 4. The van der Waals surface area contributed by atoms with E-state index in [1.54, 1.807) is 30.2 Å². The molecule has 2 aromatic heterocycles. The number of Topliss-reactive ketones (excluding diaryl/α,β-unsaturated/α-hetero) is 1. The van der Waals surface area contributed by atoms with Gasteiger partial charge in [0.25, 0.3) is 6.43 Å². The number of anilines is 2. The second-order valence-electron chi connectivity index (χ2n) is 8.72. The molecule has 0 bridgehead atoms. The molecule has 2 aliphatic rings. The van der Waals surface area contributed by atoms with E-state index in [2.05, 4.69) is 5.10 Å². The highest BCUT2D eigenvalue weighted by Gasteiger charge is 2.28. The number of hydrogen-bond donors (Lipinski definition) is 0. The number of hydrogen-bond acceptors (Lipinski definition) is 4. The summed E-state index contributed by atoms with van der Waals surface area (Å²) in [6, 6.07) is 5.45. The summed E-state index contributed by atoms with van der Waals surface area (Å²) in [5, 5.41) is 4.16. The third-order valence-electron chi connectivity index (χ3n) is 6.64. The Kier molecular flexibility index (Phi) is 5.35. The number of rotatable bonds is 5. The van der Waals surface area contributed by atoms with Crippen LogP contribution in [0.2, 0.25) is 0 Å². The summed E-state index contributed by atoms with van der Waals surface area (Å²) < 4.78 is 29.9. The molecule has 0 saturated carbocycles. The van der Waals surface area contributed by atoms with Gasteiger partial charge >= 0.3 is 0 Å². The van der Waals surface area contributed by atoms with E-state index in [1.165, 1.54) is 0 Å². The average Bonchev–Trinajstić information content (AvgIpc) is 3.43. The summed E-state index contributed by atoms with van der Waals surface area (Å²) in [5.74, 6) is 0.823. The highest BCUT2D eigenvalue weighted by Crippen LogP contribution is 2.42. The van der Waals surface area contributed by atoms with E-state index in [9.17, 15) is 13.6 Å². The molecule has 0 amide bonds. The standard InChI is InChI=1S/C26H26F2N4O/c1-4-24(33)19-8-7-18-15(2)30-25(12-21(18)19)32-9-5-6-16-10-20(17-13-29-31(3)14-17)22(26(27)28)11-23(16)32/h8,10-14,26H,4-7,9H2,1-3H3. The number of aryl methyl sites for hydroxylation is 3. The van der Waals surface area contributed by atoms with Gasteiger partial charge in [-0.1, -0.05) is 13.0 Å². The minimum absolute atomic E-state index is 0.00622. The van der Waals surface area contributed by atoms with Crippen LogP contribution in [-0.4, -0.2) is 27.1 Å². The number of halogens is 2. The number of alkyl halides is 2. The third kappa shape index (κ3) is 3.65. The Bertz CT molecular complexity index is 1290. The molecule has 7 heteroatoms. The number of benzene rings is 1. The molecule has 33 heavy (non-hydrogen) atoms. The summed E-state index contributed by atoms with van der Waals surface area (Å²) in [7, 11) is 1.78. The first-order valence-electron chi connectivity index (χ1n) is 11.3. The summed E-state index contributed by atoms with van der Waals surface area (Å²) in [4.78, 5) is 19.3. The molecule has 0 atom stereocenters. The van der Waals surface area contributed by atoms with E-state index in [0.29, 0.717) is 36.3 Å². The monoisotopic (exact) mass is 448 g/mol. The lowest BCUT2D eigenvalue weighted by molar-refractivity contribution is -0.113. The fraction of sp³-hybridized carbons (Fsp3) is 0.346. The van der Waals surface area contributed by atoms with Crippen molar-refractivity contribution < 1.29 is 13.6 Å². The molecule has 1 aromatic carbocycles. The van der Waals surface area contributed by atoms with Crippen molar-refractivity contribution in [3.8, 4) is 11.1 Å². The summed E-state index contributed by atoms with van der Waals surface area (Å²) >= 11 is 0. The third-order valence-corrected chi connectivity index (χ3v) is 6.64. The van der Waals surface area contributed by atoms with Crippen molar-refractivity contribution in [1.82, 2.24) is 14.8 Å². The maximum atomic E-state index is 14.1. The maximum Gasteiger partial charge on any atom is 0.264 e. The lowest BCUT2D eigenvalue weighted by Crippen LogP contribution is -2.26. The summed E-state index contributed by atoms with van der Waals surface area (Å²) in [6.07, 6.45) is 5.61. The van der Waals surface area contributed by atoms with E-state index in [-0.39, 0.29) is 11.3 Å². The number of carbonyl (C=O) groups excluding carboxylic acids is 1. The van der Waals surface area contributed by atoms with E-state index >= 15 is 0 Å². The smallest absolute Gasteiger partial charge is 0.264 e. The number of carbonyl (C=O) groups is 1. The van der Waals surface area contributed by atoms with Gasteiger partial charge in [0.1, 0.15) is 5.82 Å². The van der Waals surface area contributed by atoms with Crippen molar-refractivity contribution >= 4 is 22.9 Å². The van der Waals surface area contributed by atoms with Crippen LogP contribution in [0.5, 0.6) is 0 Å². The van der Waals surface area contributed by atoms with Crippen molar-refractivity contribution in [2.75, 3.05) is 11.4 Å². The number of pyridine rings is 1. The van der Waals surface area contributed by atoms with Crippen LogP contribution in [0.25, 0.3) is 16.7 Å². The van der Waals surface area contributed by atoms with Crippen LogP contribution in [0.1, 0.15) is 54.1 Å². The van der Waals surface area contributed by atoms with Gasteiger partial charge in [0, 0.05) is 54.3 Å². The lowest BCUT2D eigenvalue weighted by atomic mass is 9.93. The number of allylic oxidation sites excluding steroid dienone is 2. The Labute approximate surface area is 191 Å². The van der Waals surface area contributed by atoms with E-state index < -0.39 is 6.43 Å². The van der Waals surface area contributed by atoms with Gasteiger partial charge < -0.3 is 4.90 Å². The first-order chi connectivity index (χ1) is 15.9. The van der Waals surface area contributed by atoms with E-state index in [1.807, 2.05) is 37.0 Å². The molecule has 0 radical (unpaired) electrons. The van der Waals surface area contributed by atoms with Gasteiger partial charge in [-0.25, -0.2) is 13.8 Å². The Morgan fingerprint density at radius 3 is 2.73 bits per heavy atom. The number of aromatic nitrogens is 3. The molecule has 3 heterocycles. The zero-order valence-corrected chi connectivity index (χ0v) is 19.0. The van der Waals surface area contributed by atoms with Crippen molar-refractivity contribution in [2.24, 2.45) is 7.05 Å². The van der Waals surface area contributed by atoms with Crippen LogP contribution in [0, 0.1) is 6.92 Å². The van der Waals surface area contributed by atoms with Crippen LogP contribution in [0.3, 0.4) is 0 Å². The molecule has 5 nitrogen and oxygen atoms in total. The van der Waals surface area contributed by atoms with Gasteiger partial charge in [0.2, 0.25) is 0 Å². The Balaban J connectivity index is 1.62. The quantitative estimate of drug-likeness (QED) is 0.500. The van der Waals surface area contributed by atoms with Gasteiger partial charge in [-0.05, 0) is 66.6 Å². The summed E-state index contributed by atoms with van der Waals surface area (Å²) in [5.41, 5.74) is 6.62. The molecule has 170 valence electrons. The van der Waals surface area contributed by atoms with Crippen LogP contribution in [0.4, 0.5) is 20.3 Å². The van der Waals surface area contributed by atoms with Crippen molar-refractivity contribution in [1.29, 1.82) is 0 Å². The zero-order chi connectivity index (χ0) is 23.3. The molecule has 0 saturated heterocycles. The van der Waals surface area contributed by atoms with E-state index in [4.69, 9.17) is 4.98 Å². The largest absolute Gasteiger partial charge is 0.326 e. The predicted octanol–water partition coefficient (Wildman–Crippen LogP) is 5.73. The Morgan fingerprint density at radius 2 is 2.03 bits per heavy atom. The molecule has 5 rings (SSSR count). The van der Waals surface area contributed by atoms with Gasteiger partial charge in [-0.3, -0.25) is 9.48 Å². The van der Waals surface area contributed by atoms with Crippen molar-refractivity contribution in [3.05, 3.63) is 64.6 Å². The van der Waals surface area contributed by atoms with Crippen LogP contribution in [-0.2, 0) is 24.7 Å². The molecular weight excluding hydrogens is 422 g/mol. The summed E-state index contributed by atoms with van der Waals surface area (Å²) in [6.45, 7) is 4.51. The predicted molar refractivity (Wildman–Crippen MR) is 125 cm³/mol. The molecule has 1 aliphatic heterocycles. The van der Waals surface area contributed by atoms with E-state index in [0.717, 1.165) is 46.5 Å². The van der Waals surface area contributed by atoms with Crippen LogP contribution in [0.15, 0.2) is 36.7 Å². The molecule has 0 fully saturated rings. The molecule has 0 unspecified atom stereocenters. The maximum absolute atomic E-state index is 14.1. The fourth-order valence-electron chi connectivity index (χ4n) is 4.97. The normalized spacial score (nSPS) is 15.0. The fourth-order valence-corrected chi connectivity index (χ4v) is 4.97. The average molecular weight is 449 g/mol. The van der Waals surface area contributed by atoms with Gasteiger partial charge in [-0.2, -0.15) is 5.10 Å². The van der Waals surface area contributed by atoms with Gasteiger partial charge in [0.15, 0.2) is 5.78 Å². The molecular formula is C26H26F2N4O. The second-order valence-corrected chi connectivity index (χ2v) is 8.72. The van der Waals surface area contributed by atoms with Crippen LogP contribution >= 0.6 is 0 Å². The molecule has 1 aliphatic carbocycles. The Morgan fingerprint density at radius 1 is 1.21 bits per heavy atom. The van der Waals surface area contributed by atoms with Crippen LogP contribution < -0.4 is 4.90 Å². The minimum Gasteiger partial charge on any atom is -0.326 e. The second kappa shape index (κ2) is 8.21. The van der Waals surface area contributed by atoms with Crippen molar-refractivity contribution in [2.45, 2.75) is 46.0 Å². The molecule has 3 aromatic rings. The van der Waals surface area contributed by atoms with Gasteiger partial charge in [-0.15, -0.1) is 0 Å². The SMILES string of the molecule is CCC(=O)C1=CCc2c1cc(N1CCCc3cc(-c4cnn(C)c4)c(C(F)F)cc31)nc2C.